The Morgan fingerprint density at radius 2 is 2.21 bits per heavy atom. The molecule has 0 atom stereocenters. The molecule has 98 valence electrons. The molecule has 0 bridgehead atoms. The van der Waals surface area contributed by atoms with E-state index in [4.69, 9.17) is 5.73 Å². The predicted molar refractivity (Wildman–Crippen MR) is 71.2 cm³/mol. The Kier molecular flexibility index (Phi) is 3.86. The van der Waals surface area contributed by atoms with Crippen molar-refractivity contribution < 1.29 is 9.53 Å². The number of hydrogen-bond acceptors (Lipinski definition) is 6. The minimum atomic E-state index is -0.505. The van der Waals surface area contributed by atoms with E-state index in [9.17, 15) is 9.59 Å². The summed E-state index contributed by atoms with van der Waals surface area (Å²) < 4.78 is 4.64. The van der Waals surface area contributed by atoms with Crippen LogP contribution in [-0.4, -0.2) is 23.0 Å². The highest BCUT2D eigenvalue weighted by atomic mass is 32.2. The standard InChI is InChI=1S/C12H11N3O3S/c1-18-11(17)7-3-2-4-8(10(7)13)19-12-14-6-5-9(16)15-12/h2-6H,13H2,1H3,(H,14,15,16). The van der Waals surface area contributed by atoms with Gasteiger partial charge in [-0.2, -0.15) is 0 Å². The predicted octanol–water partition coefficient (Wildman–Crippen LogP) is 1.29. The number of H-pyrrole nitrogens is 1. The molecule has 2 rings (SSSR count). The van der Waals surface area contributed by atoms with Gasteiger partial charge in [0.1, 0.15) is 0 Å². The number of benzene rings is 1. The molecule has 7 heteroatoms. The Balaban J connectivity index is 2.36. The van der Waals surface area contributed by atoms with Gasteiger partial charge >= 0.3 is 5.97 Å². The minimum absolute atomic E-state index is 0.250. The number of nitrogens with zero attached hydrogens (tertiary/aromatic N) is 1. The molecule has 3 N–H and O–H groups in total. The van der Waals surface area contributed by atoms with E-state index in [1.165, 1.54) is 31.1 Å². The highest BCUT2D eigenvalue weighted by Crippen LogP contribution is 2.31. The number of aromatic nitrogens is 2. The Morgan fingerprint density at radius 3 is 2.89 bits per heavy atom. The first-order valence-corrected chi connectivity index (χ1v) is 6.13. The first kappa shape index (κ1) is 13.2. The Bertz CT molecular complexity index is 669. The molecule has 0 saturated heterocycles. The number of aromatic amines is 1. The van der Waals surface area contributed by atoms with Crippen molar-refractivity contribution in [3.63, 3.8) is 0 Å². The molecule has 0 saturated carbocycles. The SMILES string of the molecule is COC(=O)c1cccc(Sc2nccc(=O)[nH]2)c1N. The number of rotatable bonds is 3. The molecule has 1 aromatic heterocycles. The molecule has 0 radical (unpaired) electrons. The van der Waals surface area contributed by atoms with Crippen LogP contribution in [0.2, 0.25) is 0 Å². The van der Waals surface area contributed by atoms with E-state index >= 15 is 0 Å². The molecule has 2 aromatic rings. The van der Waals surface area contributed by atoms with Crippen LogP contribution in [0.5, 0.6) is 0 Å². The summed E-state index contributed by atoms with van der Waals surface area (Å²) in [6, 6.07) is 6.32. The monoisotopic (exact) mass is 277 g/mol. The van der Waals surface area contributed by atoms with Crippen LogP contribution in [0.4, 0.5) is 5.69 Å². The minimum Gasteiger partial charge on any atom is -0.465 e. The van der Waals surface area contributed by atoms with Gasteiger partial charge in [-0.05, 0) is 23.9 Å². The van der Waals surface area contributed by atoms with Crippen LogP contribution in [-0.2, 0) is 4.74 Å². The number of nitrogens with two attached hydrogens (primary N) is 1. The summed E-state index contributed by atoms with van der Waals surface area (Å²) in [5.41, 5.74) is 6.23. The van der Waals surface area contributed by atoms with Crippen LogP contribution in [0.3, 0.4) is 0 Å². The second-order valence-corrected chi connectivity index (χ2v) is 4.58. The maximum Gasteiger partial charge on any atom is 0.339 e. The van der Waals surface area contributed by atoms with Crippen molar-refractivity contribution in [1.82, 2.24) is 9.97 Å². The number of hydrogen-bond donors (Lipinski definition) is 2. The van der Waals surface area contributed by atoms with Gasteiger partial charge in [0.05, 0.1) is 18.4 Å². The number of anilines is 1. The molecule has 0 aliphatic rings. The normalized spacial score (nSPS) is 10.2. The third-order valence-electron chi connectivity index (χ3n) is 2.33. The number of nitrogens with one attached hydrogen (secondary N) is 1. The zero-order chi connectivity index (χ0) is 13.8. The van der Waals surface area contributed by atoms with E-state index in [2.05, 4.69) is 14.7 Å². The molecule has 1 heterocycles. The molecule has 6 nitrogen and oxygen atoms in total. The number of nitrogen functional groups attached to an aromatic ring is 1. The van der Waals surface area contributed by atoms with Crippen molar-refractivity contribution in [2.24, 2.45) is 0 Å². The Hall–Kier alpha value is -2.28. The van der Waals surface area contributed by atoms with Gasteiger partial charge < -0.3 is 15.5 Å². The number of methoxy groups -OCH3 is 1. The lowest BCUT2D eigenvalue weighted by Crippen LogP contribution is -2.07. The van der Waals surface area contributed by atoms with Crippen molar-refractivity contribution in [1.29, 1.82) is 0 Å². The summed E-state index contributed by atoms with van der Waals surface area (Å²) >= 11 is 1.17. The zero-order valence-corrected chi connectivity index (χ0v) is 10.9. The molecule has 0 aliphatic carbocycles. The summed E-state index contributed by atoms with van der Waals surface area (Å²) in [6.07, 6.45) is 1.40. The maximum absolute atomic E-state index is 11.5. The second-order valence-electron chi connectivity index (χ2n) is 3.55. The van der Waals surface area contributed by atoms with Gasteiger partial charge in [-0.3, -0.25) is 4.79 Å². The summed E-state index contributed by atoms with van der Waals surface area (Å²) in [7, 11) is 1.29. The van der Waals surface area contributed by atoms with E-state index in [0.29, 0.717) is 15.7 Å². The van der Waals surface area contributed by atoms with E-state index in [0.717, 1.165) is 0 Å². The third-order valence-corrected chi connectivity index (χ3v) is 3.30. The average Bonchev–Trinajstić information content (AvgIpc) is 2.40. The van der Waals surface area contributed by atoms with E-state index in [1.807, 2.05) is 0 Å². The van der Waals surface area contributed by atoms with Crippen molar-refractivity contribution in [2.75, 3.05) is 12.8 Å². The quantitative estimate of drug-likeness (QED) is 0.498. The number of carbonyl (C=O) groups is 1. The lowest BCUT2D eigenvalue weighted by atomic mass is 10.2. The summed E-state index contributed by atoms with van der Waals surface area (Å²) in [5, 5.41) is 0.404. The van der Waals surface area contributed by atoms with E-state index < -0.39 is 5.97 Å². The van der Waals surface area contributed by atoms with Crippen LogP contribution in [0.25, 0.3) is 0 Å². The first-order chi connectivity index (χ1) is 9.11. The topological polar surface area (TPSA) is 98.1 Å². The summed E-state index contributed by atoms with van der Waals surface area (Å²) in [5.74, 6) is -0.505. The van der Waals surface area contributed by atoms with Gasteiger partial charge in [0.15, 0.2) is 5.16 Å². The molecule has 0 spiro atoms. The highest BCUT2D eigenvalue weighted by molar-refractivity contribution is 7.99. The molecule has 1 aromatic carbocycles. The highest BCUT2D eigenvalue weighted by Gasteiger charge is 2.13. The third kappa shape index (κ3) is 2.94. The molecule has 0 unspecified atom stereocenters. The molecule has 0 amide bonds. The lowest BCUT2D eigenvalue weighted by Gasteiger charge is -2.08. The molecule has 0 fully saturated rings. The van der Waals surface area contributed by atoms with Crippen molar-refractivity contribution in [2.45, 2.75) is 10.1 Å². The van der Waals surface area contributed by atoms with Crippen molar-refractivity contribution >= 4 is 23.4 Å². The van der Waals surface area contributed by atoms with Gasteiger partial charge in [-0.15, -0.1) is 0 Å². The molecule has 19 heavy (non-hydrogen) atoms. The Labute approximate surface area is 113 Å². The lowest BCUT2D eigenvalue weighted by molar-refractivity contribution is 0.0601. The van der Waals surface area contributed by atoms with E-state index in [1.54, 1.807) is 18.2 Å². The smallest absolute Gasteiger partial charge is 0.339 e. The number of carbonyl (C=O) groups excluding carboxylic acids is 1. The zero-order valence-electron chi connectivity index (χ0n) is 10.0. The molecule has 0 aliphatic heterocycles. The van der Waals surface area contributed by atoms with E-state index in [-0.39, 0.29) is 11.1 Å². The summed E-state index contributed by atoms with van der Waals surface area (Å²) in [4.78, 5) is 29.9. The van der Waals surface area contributed by atoms with Crippen molar-refractivity contribution in [3.8, 4) is 0 Å². The van der Waals surface area contributed by atoms with Crippen molar-refractivity contribution in [3.05, 3.63) is 46.4 Å². The number of ether oxygens (including phenoxy) is 1. The second kappa shape index (κ2) is 5.57. The van der Waals surface area contributed by atoms with Gasteiger partial charge in [0.25, 0.3) is 5.56 Å². The maximum atomic E-state index is 11.5. The van der Waals surface area contributed by atoms with Crippen LogP contribution < -0.4 is 11.3 Å². The number of para-hydroxylation sites is 1. The summed E-state index contributed by atoms with van der Waals surface area (Å²) in [6.45, 7) is 0. The van der Waals surface area contributed by atoms with Gasteiger partial charge in [0, 0.05) is 17.2 Å². The number of esters is 1. The molecular formula is C12H11N3O3S. The first-order valence-electron chi connectivity index (χ1n) is 5.32. The average molecular weight is 277 g/mol. The Morgan fingerprint density at radius 1 is 1.42 bits per heavy atom. The van der Waals surface area contributed by atoms with Crippen LogP contribution in [0.15, 0.2) is 45.3 Å². The van der Waals surface area contributed by atoms with Gasteiger partial charge in [0.2, 0.25) is 0 Å². The van der Waals surface area contributed by atoms with Crippen LogP contribution in [0.1, 0.15) is 10.4 Å². The fourth-order valence-electron chi connectivity index (χ4n) is 1.43. The van der Waals surface area contributed by atoms with Gasteiger partial charge in [-0.1, -0.05) is 6.07 Å². The molecular weight excluding hydrogens is 266 g/mol. The fraction of sp³-hybridized carbons (Fsp3) is 0.0833. The van der Waals surface area contributed by atoms with Gasteiger partial charge in [-0.25, -0.2) is 9.78 Å². The van der Waals surface area contributed by atoms with Crippen LogP contribution >= 0.6 is 11.8 Å². The van der Waals surface area contributed by atoms with Crippen LogP contribution in [0, 0.1) is 0 Å². The largest absolute Gasteiger partial charge is 0.465 e. The fourth-order valence-corrected chi connectivity index (χ4v) is 2.27.